The molecule has 5 nitrogen and oxygen atoms in total. The summed E-state index contributed by atoms with van der Waals surface area (Å²) >= 11 is 0. The van der Waals surface area contributed by atoms with Gasteiger partial charge in [0, 0.05) is 26.2 Å². The number of benzene rings is 1. The van der Waals surface area contributed by atoms with E-state index in [0.717, 1.165) is 37.1 Å². The van der Waals surface area contributed by atoms with Crippen LogP contribution in [0.2, 0.25) is 0 Å². The first-order valence-electron chi connectivity index (χ1n) is 8.62. The van der Waals surface area contributed by atoms with E-state index in [0.29, 0.717) is 19.6 Å². The van der Waals surface area contributed by atoms with Crippen LogP contribution in [0.3, 0.4) is 0 Å². The van der Waals surface area contributed by atoms with Crippen LogP contribution in [0.4, 0.5) is 0 Å². The molecule has 0 heterocycles. The SMILES string of the molecule is CCNC(=NCCC(O)c1ccccc1)NCCOCC1CC1. The van der Waals surface area contributed by atoms with Crippen molar-refractivity contribution in [2.45, 2.75) is 32.3 Å². The highest BCUT2D eigenvalue weighted by Gasteiger charge is 2.20. The molecule has 1 atom stereocenters. The molecule has 0 aromatic heterocycles. The number of hydrogen-bond acceptors (Lipinski definition) is 3. The Bertz CT molecular complexity index is 461. The number of aliphatic hydroxyl groups is 1. The number of aliphatic hydroxyl groups excluding tert-OH is 1. The predicted molar refractivity (Wildman–Crippen MR) is 93.5 cm³/mol. The Morgan fingerprint density at radius 1 is 1.30 bits per heavy atom. The summed E-state index contributed by atoms with van der Waals surface area (Å²) in [7, 11) is 0. The van der Waals surface area contributed by atoms with Gasteiger partial charge in [0.05, 0.1) is 12.7 Å². The quantitative estimate of drug-likeness (QED) is 0.351. The van der Waals surface area contributed by atoms with E-state index in [9.17, 15) is 5.11 Å². The molecule has 1 aromatic carbocycles. The van der Waals surface area contributed by atoms with Crippen LogP contribution >= 0.6 is 0 Å². The van der Waals surface area contributed by atoms with Crippen molar-refractivity contribution in [1.82, 2.24) is 10.6 Å². The van der Waals surface area contributed by atoms with Gasteiger partial charge in [0.15, 0.2) is 5.96 Å². The fourth-order valence-corrected chi connectivity index (χ4v) is 2.26. The van der Waals surface area contributed by atoms with Gasteiger partial charge in [-0.25, -0.2) is 0 Å². The second-order valence-electron chi connectivity index (χ2n) is 5.92. The number of ether oxygens (including phenoxy) is 1. The van der Waals surface area contributed by atoms with E-state index < -0.39 is 6.10 Å². The molecule has 0 saturated heterocycles. The molecule has 1 fully saturated rings. The van der Waals surface area contributed by atoms with Gasteiger partial charge in [-0.2, -0.15) is 0 Å². The van der Waals surface area contributed by atoms with E-state index in [1.165, 1.54) is 12.8 Å². The van der Waals surface area contributed by atoms with Gasteiger partial charge in [0.1, 0.15) is 0 Å². The minimum Gasteiger partial charge on any atom is -0.388 e. The predicted octanol–water partition coefficient (Wildman–Crippen LogP) is 2.09. The van der Waals surface area contributed by atoms with Gasteiger partial charge in [-0.3, -0.25) is 4.99 Å². The van der Waals surface area contributed by atoms with E-state index in [1.807, 2.05) is 37.3 Å². The van der Waals surface area contributed by atoms with E-state index in [1.54, 1.807) is 0 Å². The van der Waals surface area contributed by atoms with Crippen LogP contribution in [0.25, 0.3) is 0 Å². The van der Waals surface area contributed by atoms with Crippen molar-refractivity contribution >= 4 is 5.96 Å². The van der Waals surface area contributed by atoms with Crippen LogP contribution in [0.15, 0.2) is 35.3 Å². The maximum Gasteiger partial charge on any atom is 0.191 e. The number of hydrogen-bond donors (Lipinski definition) is 3. The highest BCUT2D eigenvalue weighted by atomic mass is 16.5. The van der Waals surface area contributed by atoms with Crippen LogP contribution in [0.5, 0.6) is 0 Å². The number of rotatable bonds is 10. The molecule has 0 aliphatic heterocycles. The number of nitrogens with one attached hydrogen (secondary N) is 2. The summed E-state index contributed by atoms with van der Waals surface area (Å²) in [6.07, 6.45) is 2.78. The zero-order chi connectivity index (χ0) is 16.3. The summed E-state index contributed by atoms with van der Waals surface area (Å²) in [6.45, 7) is 5.77. The topological polar surface area (TPSA) is 65.9 Å². The standard InChI is InChI=1S/C18H29N3O2/c1-2-19-18(21-12-13-23-14-15-8-9-15)20-11-10-17(22)16-6-4-3-5-7-16/h3-7,15,17,22H,2,8-14H2,1H3,(H2,19,20,21). The van der Waals surface area contributed by atoms with Gasteiger partial charge < -0.3 is 20.5 Å². The van der Waals surface area contributed by atoms with Crippen molar-refractivity contribution in [2.75, 3.05) is 32.8 Å². The third-order valence-electron chi connectivity index (χ3n) is 3.79. The molecule has 5 heteroatoms. The highest BCUT2D eigenvalue weighted by Crippen LogP contribution is 2.28. The lowest BCUT2D eigenvalue weighted by Crippen LogP contribution is -2.39. The van der Waals surface area contributed by atoms with Gasteiger partial charge in [0.2, 0.25) is 0 Å². The highest BCUT2D eigenvalue weighted by molar-refractivity contribution is 5.79. The largest absolute Gasteiger partial charge is 0.388 e. The molecule has 3 N–H and O–H groups in total. The lowest BCUT2D eigenvalue weighted by atomic mass is 10.1. The molecule has 1 aromatic rings. The second kappa shape index (κ2) is 10.2. The smallest absolute Gasteiger partial charge is 0.191 e. The van der Waals surface area contributed by atoms with Crippen LogP contribution < -0.4 is 10.6 Å². The Kier molecular flexibility index (Phi) is 7.90. The van der Waals surface area contributed by atoms with Crippen LogP contribution in [-0.2, 0) is 4.74 Å². The average molecular weight is 319 g/mol. The zero-order valence-electron chi connectivity index (χ0n) is 14.0. The summed E-state index contributed by atoms with van der Waals surface area (Å²) in [6, 6.07) is 9.71. The molecule has 0 amide bonds. The van der Waals surface area contributed by atoms with Crippen molar-refractivity contribution < 1.29 is 9.84 Å². The lowest BCUT2D eigenvalue weighted by Gasteiger charge is -2.13. The van der Waals surface area contributed by atoms with Gasteiger partial charge >= 0.3 is 0 Å². The zero-order valence-corrected chi connectivity index (χ0v) is 14.0. The first-order chi connectivity index (χ1) is 11.3. The second-order valence-corrected chi connectivity index (χ2v) is 5.92. The molecule has 1 unspecified atom stereocenters. The van der Waals surface area contributed by atoms with Gasteiger partial charge in [0.25, 0.3) is 0 Å². The molecule has 1 aliphatic carbocycles. The number of nitrogens with zero attached hydrogens (tertiary/aromatic N) is 1. The van der Waals surface area contributed by atoms with Crippen LogP contribution in [-0.4, -0.2) is 43.9 Å². The van der Waals surface area contributed by atoms with Crippen LogP contribution in [0.1, 0.15) is 37.9 Å². The first-order valence-corrected chi connectivity index (χ1v) is 8.62. The minimum atomic E-state index is -0.468. The first kappa shape index (κ1) is 17.8. The van der Waals surface area contributed by atoms with E-state index in [-0.39, 0.29) is 0 Å². The van der Waals surface area contributed by atoms with E-state index in [4.69, 9.17) is 4.74 Å². The maximum absolute atomic E-state index is 10.1. The summed E-state index contributed by atoms with van der Waals surface area (Å²) in [5.41, 5.74) is 0.939. The Morgan fingerprint density at radius 2 is 2.09 bits per heavy atom. The molecule has 1 aliphatic rings. The molecule has 0 spiro atoms. The Morgan fingerprint density at radius 3 is 2.78 bits per heavy atom. The lowest BCUT2D eigenvalue weighted by molar-refractivity contribution is 0.129. The normalized spacial score (nSPS) is 16.2. The summed E-state index contributed by atoms with van der Waals surface area (Å²) < 4.78 is 5.60. The van der Waals surface area contributed by atoms with Crippen LogP contribution in [0, 0.1) is 5.92 Å². The Hall–Kier alpha value is -1.59. The Balaban J connectivity index is 1.65. The molecular formula is C18H29N3O2. The van der Waals surface area contributed by atoms with Crippen molar-refractivity contribution in [3.8, 4) is 0 Å². The van der Waals surface area contributed by atoms with Gasteiger partial charge in [-0.1, -0.05) is 30.3 Å². The molecule has 0 bridgehead atoms. The van der Waals surface area contributed by atoms with Crippen molar-refractivity contribution in [3.63, 3.8) is 0 Å². The molecule has 2 rings (SSSR count). The molecule has 23 heavy (non-hydrogen) atoms. The Labute approximate surface area is 139 Å². The maximum atomic E-state index is 10.1. The van der Waals surface area contributed by atoms with Gasteiger partial charge in [-0.05, 0) is 37.7 Å². The molecule has 128 valence electrons. The van der Waals surface area contributed by atoms with E-state index in [2.05, 4.69) is 15.6 Å². The third kappa shape index (κ3) is 7.48. The molecule has 0 radical (unpaired) electrons. The van der Waals surface area contributed by atoms with Gasteiger partial charge in [-0.15, -0.1) is 0 Å². The fraction of sp³-hybridized carbons (Fsp3) is 0.611. The third-order valence-corrected chi connectivity index (χ3v) is 3.79. The summed E-state index contributed by atoms with van der Waals surface area (Å²) in [4.78, 5) is 4.50. The monoisotopic (exact) mass is 319 g/mol. The van der Waals surface area contributed by atoms with Crippen molar-refractivity contribution in [2.24, 2.45) is 10.9 Å². The minimum absolute atomic E-state index is 0.468. The number of guanidine groups is 1. The van der Waals surface area contributed by atoms with E-state index >= 15 is 0 Å². The fourth-order valence-electron chi connectivity index (χ4n) is 2.26. The molecular weight excluding hydrogens is 290 g/mol. The number of aliphatic imine (C=N–C) groups is 1. The summed E-state index contributed by atoms with van der Waals surface area (Å²) in [5, 5.41) is 16.6. The van der Waals surface area contributed by atoms with Crippen molar-refractivity contribution in [3.05, 3.63) is 35.9 Å². The molecule has 1 saturated carbocycles. The average Bonchev–Trinajstić information content (AvgIpc) is 3.39. The van der Waals surface area contributed by atoms with Crippen molar-refractivity contribution in [1.29, 1.82) is 0 Å². The summed E-state index contributed by atoms with van der Waals surface area (Å²) in [5.74, 6) is 1.58.